The van der Waals surface area contributed by atoms with Gasteiger partial charge in [-0.15, -0.1) is 0 Å². The van der Waals surface area contributed by atoms with Crippen molar-refractivity contribution in [1.29, 1.82) is 0 Å². The molecule has 0 radical (unpaired) electrons. The quantitative estimate of drug-likeness (QED) is 0.693. The van der Waals surface area contributed by atoms with Gasteiger partial charge in [-0.3, -0.25) is 4.98 Å². The van der Waals surface area contributed by atoms with Gasteiger partial charge in [0, 0.05) is 6.20 Å². The van der Waals surface area contributed by atoms with Crippen molar-refractivity contribution in [2.75, 3.05) is 13.2 Å². The summed E-state index contributed by atoms with van der Waals surface area (Å²) in [4.78, 5) is 15.1. The van der Waals surface area contributed by atoms with E-state index in [-0.39, 0.29) is 18.7 Å². The minimum atomic E-state index is -0.347. The molecule has 0 spiro atoms. The molecule has 0 aliphatic heterocycles. The van der Waals surface area contributed by atoms with Gasteiger partial charge in [0.1, 0.15) is 6.61 Å². The summed E-state index contributed by atoms with van der Waals surface area (Å²) in [5.41, 5.74) is 0.807. The number of hydrogen-bond acceptors (Lipinski definition) is 4. The molecule has 0 saturated carbocycles. The molecule has 0 amide bonds. The zero-order valence-corrected chi connectivity index (χ0v) is 8.97. The monoisotopic (exact) mass is 209 g/mol. The highest BCUT2D eigenvalue weighted by Gasteiger charge is 2.09. The van der Waals surface area contributed by atoms with E-state index in [4.69, 9.17) is 9.47 Å². The molecule has 1 atom stereocenters. The van der Waals surface area contributed by atoms with Gasteiger partial charge in [-0.05, 0) is 26.0 Å². The highest BCUT2D eigenvalue weighted by Crippen LogP contribution is 2.12. The fourth-order valence-corrected chi connectivity index (χ4v) is 1.10. The van der Waals surface area contributed by atoms with Gasteiger partial charge >= 0.3 is 5.97 Å². The van der Waals surface area contributed by atoms with Crippen LogP contribution in [0.25, 0.3) is 0 Å². The Morgan fingerprint density at radius 3 is 2.93 bits per heavy atom. The zero-order chi connectivity index (χ0) is 11.1. The number of hydrogen-bond donors (Lipinski definition) is 0. The van der Waals surface area contributed by atoms with Crippen LogP contribution in [0.4, 0.5) is 0 Å². The van der Waals surface area contributed by atoms with E-state index in [0.29, 0.717) is 6.61 Å². The van der Waals surface area contributed by atoms with E-state index in [0.717, 1.165) is 5.69 Å². The molecule has 0 N–H and O–H groups in total. The maximum Gasteiger partial charge on any atom is 0.332 e. The summed E-state index contributed by atoms with van der Waals surface area (Å²) in [5, 5.41) is 0. The minimum absolute atomic E-state index is 0.0361. The van der Waals surface area contributed by atoms with Crippen LogP contribution in [-0.2, 0) is 14.3 Å². The fourth-order valence-electron chi connectivity index (χ4n) is 1.10. The van der Waals surface area contributed by atoms with Crippen molar-refractivity contribution in [3.05, 3.63) is 30.1 Å². The van der Waals surface area contributed by atoms with E-state index >= 15 is 0 Å². The molecule has 0 saturated heterocycles. The van der Waals surface area contributed by atoms with Gasteiger partial charge in [0.25, 0.3) is 0 Å². The summed E-state index contributed by atoms with van der Waals surface area (Å²) in [6, 6.07) is 5.57. The first-order valence-electron chi connectivity index (χ1n) is 4.92. The van der Waals surface area contributed by atoms with E-state index < -0.39 is 0 Å². The minimum Gasteiger partial charge on any atom is -0.464 e. The van der Waals surface area contributed by atoms with Crippen LogP contribution in [0, 0.1) is 0 Å². The Morgan fingerprint density at radius 2 is 2.33 bits per heavy atom. The van der Waals surface area contributed by atoms with Crippen molar-refractivity contribution in [2.24, 2.45) is 0 Å². The average molecular weight is 209 g/mol. The van der Waals surface area contributed by atoms with Gasteiger partial charge in [0.15, 0.2) is 0 Å². The number of rotatable bonds is 5. The molecule has 1 unspecified atom stereocenters. The first-order valence-corrected chi connectivity index (χ1v) is 4.92. The number of nitrogens with zero attached hydrogens (tertiary/aromatic N) is 1. The third kappa shape index (κ3) is 4.08. The molecule has 15 heavy (non-hydrogen) atoms. The molecule has 4 heteroatoms. The van der Waals surface area contributed by atoms with Gasteiger partial charge in [-0.2, -0.15) is 0 Å². The highest BCUT2D eigenvalue weighted by atomic mass is 16.6. The van der Waals surface area contributed by atoms with Crippen molar-refractivity contribution in [1.82, 2.24) is 4.98 Å². The molecule has 0 aliphatic rings. The summed E-state index contributed by atoms with van der Waals surface area (Å²) < 4.78 is 10.0. The van der Waals surface area contributed by atoms with E-state index in [1.807, 2.05) is 25.1 Å². The van der Waals surface area contributed by atoms with E-state index in [9.17, 15) is 4.79 Å². The molecule has 4 nitrogen and oxygen atoms in total. The molecule has 1 heterocycles. The van der Waals surface area contributed by atoms with Gasteiger partial charge in [0.05, 0.1) is 18.4 Å². The Hall–Kier alpha value is -1.42. The third-order valence-corrected chi connectivity index (χ3v) is 1.86. The lowest BCUT2D eigenvalue weighted by atomic mass is 10.2. The number of carbonyl (C=O) groups is 1. The molecular formula is C11H15NO3. The Labute approximate surface area is 89.2 Å². The second-order valence-electron chi connectivity index (χ2n) is 3.01. The molecule has 0 bridgehead atoms. The Bertz CT molecular complexity index is 300. The lowest BCUT2D eigenvalue weighted by molar-refractivity contribution is -0.150. The summed E-state index contributed by atoms with van der Waals surface area (Å²) in [6.07, 6.45) is 1.50. The Morgan fingerprint density at radius 1 is 1.53 bits per heavy atom. The standard InChI is InChI=1S/C11H15NO3/c1-3-14-11(13)8-15-9(2)10-6-4-5-7-12-10/h4-7,9H,3,8H2,1-2H3. The lowest BCUT2D eigenvalue weighted by Crippen LogP contribution is -2.14. The average Bonchev–Trinajstić information content (AvgIpc) is 2.27. The van der Waals surface area contributed by atoms with E-state index in [2.05, 4.69) is 4.98 Å². The van der Waals surface area contributed by atoms with Crippen LogP contribution in [0.3, 0.4) is 0 Å². The van der Waals surface area contributed by atoms with Crippen molar-refractivity contribution in [2.45, 2.75) is 20.0 Å². The molecule has 1 aromatic rings. The lowest BCUT2D eigenvalue weighted by Gasteiger charge is -2.11. The number of esters is 1. The van der Waals surface area contributed by atoms with Crippen LogP contribution in [-0.4, -0.2) is 24.2 Å². The van der Waals surface area contributed by atoms with Crippen molar-refractivity contribution >= 4 is 5.97 Å². The molecule has 0 fully saturated rings. The number of ether oxygens (including phenoxy) is 2. The molecular weight excluding hydrogens is 194 g/mol. The summed E-state index contributed by atoms with van der Waals surface area (Å²) in [5.74, 6) is -0.347. The summed E-state index contributed by atoms with van der Waals surface area (Å²) in [7, 11) is 0. The molecule has 82 valence electrons. The predicted octanol–water partition coefficient (Wildman–Crippen LogP) is 1.72. The first-order chi connectivity index (χ1) is 7.24. The van der Waals surface area contributed by atoms with Crippen molar-refractivity contribution in [3.63, 3.8) is 0 Å². The van der Waals surface area contributed by atoms with Crippen LogP contribution in [0.1, 0.15) is 25.6 Å². The van der Waals surface area contributed by atoms with Crippen LogP contribution in [0.2, 0.25) is 0 Å². The third-order valence-electron chi connectivity index (χ3n) is 1.86. The first kappa shape index (κ1) is 11.7. The maximum atomic E-state index is 11.0. The predicted molar refractivity (Wildman–Crippen MR) is 55.2 cm³/mol. The van der Waals surface area contributed by atoms with Crippen molar-refractivity contribution < 1.29 is 14.3 Å². The van der Waals surface area contributed by atoms with E-state index in [1.165, 1.54) is 0 Å². The summed E-state index contributed by atoms with van der Waals surface area (Å²) in [6.45, 7) is 3.95. The second-order valence-corrected chi connectivity index (χ2v) is 3.01. The number of carbonyl (C=O) groups excluding carboxylic acids is 1. The van der Waals surface area contributed by atoms with Gasteiger partial charge < -0.3 is 9.47 Å². The number of aromatic nitrogens is 1. The Balaban J connectivity index is 2.37. The SMILES string of the molecule is CCOC(=O)COC(C)c1ccccn1. The van der Waals surface area contributed by atoms with Crippen LogP contribution in [0.15, 0.2) is 24.4 Å². The molecule has 1 aromatic heterocycles. The van der Waals surface area contributed by atoms with Crippen LogP contribution in [0.5, 0.6) is 0 Å². The largest absolute Gasteiger partial charge is 0.464 e. The van der Waals surface area contributed by atoms with Crippen LogP contribution >= 0.6 is 0 Å². The summed E-state index contributed by atoms with van der Waals surface area (Å²) >= 11 is 0. The van der Waals surface area contributed by atoms with Crippen LogP contribution < -0.4 is 0 Å². The molecule has 0 aliphatic carbocycles. The highest BCUT2D eigenvalue weighted by molar-refractivity contribution is 5.70. The molecule has 1 rings (SSSR count). The Kier molecular flexibility index (Phi) is 4.77. The topological polar surface area (TPSA) is 48.4 Å². The number of pyridine rings is 1. The normalized spacial score (nSPS) is 12.1. The maximum absolute atomic E-state index is 11.0. The van der Waals surface area contributed by atoms with E-state index in [1.54, 1.807) is 13.1 Å². The zero-order valence-electron chi connectivity index (χ0n) is 8.97. The van der Waals surface area contributed by atoms with Crippen molar-refractivity contribution in [3.8, 4) is 0 Å². The fraction of sp³-hybridized carbons (Fsp3) is 0.455. The van der Waals surface area contributed by atoms with Gasteiger partial charge in [0.2, 0.25) is 0 Å². The van der Waals surface area contributed by atoms with Gasteiger partial charge in [-0.1, -0.05) is 6.07 Å². The molecule has 0 aromatic carbocycles. The smallest absolute Gasteiger partial charge is 0.332 e. The second kappa shape index (κ2) is 6.14. The van der Waals surface area contributed by atoms with Gasteiger partial charge in [-0.25, -0.2) is 4.79 Å².